The molecular formula is C23H31N3O. The highest BCUT2D eigenvalue weighted by Crippen LogP contribution is 2.29. The van der Waals surface area contributed by atoms with Crippen molar-refractivity contribution >= 4 is 11.5 Å². The summed E-state index contributed by atoms with van der Waals surface area (Å²) in [6.07, 6.45) is 0. The van der Waals surface area contributed by atoms with Gasteiger partial charge in [0.1, 0.15) is 6.61 Å². The average molecular weight is 366 g/mol. The van der Waals surface area contributed by atoms with Crippen LogP contribution in [0.4, 0.5) is 0 Å². The van der Waals surface area contributed by atoms with Crippen LogP contribution in [0.1, 0.15) is 76.9 Å². The van der Waals surface area contributed by atoms with E-state index < -0.39 is 0 Å². The Morgan fingerprint density at radius 3 is 2.26 bits per heavy atom. The van der Waals surface area contributed by atoms with Crippen LogP contribution in [-0.4, -0.2) is 27.8 Å². The summed E-state index contributed by atoms with van der Waals surface area (Å²) in [4.78, 5) is 4.64. The molecule has 0 fully saturated rings. The topological polar surface area (TPSA) is 39.4 Å². The Hall–Kier alpha value is -2.36. The minimum atomic E-state index is -0.148. The number of aliphatic imine (C=N–C) groups is 1. The third-order valence-electron chi connectivity index (χ3n) is 4.72. The Balaban J connectivity index is 1.89. The van der Waals surface area contributed by atoms with Gasteiger partial charge in [-0.15, -0.1) is 0 Å². The van der Waals surface area contributed by atoms with Crippen LogP contribution in [0.25, 0.3) is 5.57 Å². The lowest BCUT2D eigenvalue weighted by atomic mass is 10.0. The summed E-state index contributed by atoms with van der Waals surface area (Å²) in [6.45, 7) is 20.0. The van der Waals surface area contributed by atoms with Gasteiger partial charge in [0.25, 0.3) is 0 Å². The van der Waals surface area contributed by atoms with E-state index in [4.69, 9.17) is 9.84 Å². The zero-order chi connectivity index (χ0) is 20.0. The highest BCUT2D eigenvalue weighted by molar-refractivity contribution is 5.96. The van der Waals surface area contributed by atoms with Crippen LogP contribution in [0.2, 0.25) is 0 Å². The third-order valence-corrected chi connectivity index (χ3v) is 4.72. The van der Waals surface area contributed by atoms with Gasteiger partial charge in [-0.1, -0.05) is 32.6 Å². The van der Waals surface area contributed by atoms with E-state index in [9.17, 15) is 0 Å². The quantitative estimate of drug-likeness (QED) is 0.730. The van der Waals surface area contributed by atoms with E-state index in [1.807, 2.05) is 12.1 Å². The molecule has 144 valence electrons. The van der Waals surface area contributed by atoms with E-state index >= 15 is 0 Å². The summed E-state index contributed by atoms with van der Waals surface area (Å²) in [5.74, 6) is 1.12. The molecule has 0 saturated heterocycles. The average Bonchev–Trinajstić information content (AvgIpc) is 3.18. The number of ether oxygens (including phenoxy) is 1. The van der Waals surface area contributed by atoms with Gasteiger partial charge in [-0.25, -0.2) is 4.99 Å². The molecule has 1 aromatic heterocycles. The van der Waals surface area contributed by atoms with Crippen LogP contribution in [0.3, 0.4) is 0 Å². The molecule has 27 heavy (non-hydrogen) atoms. The Bertz CT molecular complexity index is 877. The molecule has 4 heteroatoms. The molecule has 4 nitrogen and oxygen atoms in total. The molecule has 0 amide bonds. The molecule has 0 radical (unpaired) electrons. The maximum absolute atomic E-state index is 5.73. The van der Waals surface area contributed by atoms with Gasteiger partial charge in [0.05, 0.1) is 16.8 Å². The van der Waals surface area contributed by atoms with Crippen molar-refractivity contribution in [3.8, 4) is 0 Å². The first kappa shape index (κ1) is 19.4. The number of rotatable bonds is 4. The van der Waals surface area contributed by atoms with Crippen molar-refractivity contribution in [1.82, 2.24) is 9.78 Å². The number of benzene rings is 1. The highest BCUT2D eigenvalue weighted by Gasteiger charge is 2.27. The van der Waals surface area contributed by atoms with Gasteiger partial charge in [0.15, 0.2) is 0 Å². The monoisotopic (exact) mass is 365 g/mol. The lowest BCUT2D eigenvalue weighted by molar-refractivity contribution is 0.279. The van der Waals surface area contributed by atoms with Crippen molar-refractivity contribution in [2.45, 2.75) is 65.5 Å². The summed E-state index contributed by atoms with van der Waals surface area (Å²) < 4.78 is 7.85. The predicted molar refractivity (Wildman–Crippen MR) is 112 cm³/mol. The Labute approximate surface area is 163 Å². The van der Waals surface area contributed by atoms with Crippen molar-refractivity contribution in [2.75, 3.05) is 6.61 Å². The van der Waals surface area contributed by atoms with Crippen LogP contribution in [0.5, 0.6) is 0 Å². The molecule has 1 aromatic carbocycles. The van der Waals surface area contributed by atoms with Crippen LogP contribution in [-0.2, 0) is 10.3 Å². The standard InChI is InChI=1S/C23H31N3O/c1-15(2)20-13-19(25-26(20)22(4,5)6)16(3)17-9-11-18(12-10-17)21-24-23(7,8)14-27-21/h9-13,15H,3,14H2,1-2,4-8H3. The van der Waals surface area contributed by atoms with E-state index in [1.54, 1.807) is 0 Å². The summed E-state index contributed by atoms with van der Waals surface area (Å²) >= 11 is 0. The van der Waals surface area contributed by atoms with Gasteiger partial charge in [0.2, 0.25) is 5.90 Å². The molecule has 0 spiro atoms. The van der Waals surface area contributed by atoms with Crippen LogP contribution < -0.4 is 0 Å². The smallest absolute Gasteiger partial charge is 0.216 e. The summed E-state index contributed by atoms with van der Waals surface area (Å²) in [6, 6.07) is 10.4. The second kappa shape index (κ2) is 6.66. The third kappa shape index (κ3) is 4.00. The van der Waals surface area contributed by atoms with E-state index in [-0.39, 0.29) is 11.1 Å². The largest absolute Gasteiger partial charge is 0.475 e. The molecule has 0 atom stereocenters. The minimum absolute atomic E-state index is 0.0627. The molecule has 2 aromatic rings. The maximum Gasteiger partial charge on any atom is 0.216 e. The Kier molecular flexibility index (Phi) is 4.79. The fourth-order valence-corrected chi connectivity index (χ4v) is 3.19. The van der Waals surface area contributed by atoms with Crippen LogP contribution in [0, 0.1) is 0 Å². The molecule has 0 unspecified atom stereocenters. The van der Waals surface area contributed by atoms with Gasteiger partial charge in [-0.05, 0) is 64.3 Å². The van der Waals surface area contributed by atoms with Crippen molar-refractivity contribution in [3.63, 3.8) is 0 Å². The van der Waals surface area contributed by atoms with Gasteiger partial charge in [-0.3, -0.25) is 4.68 Å². The molecular weight excluding hydrogens is 334 g/mol. The molecule has 3 rings (SSSR count). The van der Waals surface area contributed by atoms with E-state index in [0.29, 0.717) is 12.5 Å². The molecule has 2 heterocycles. The molecule has 1 aliphatic rings. The fraction of sp³-hybridized carbons (Fsp3) is 0.478. The lowest BCUT2D eigenvalue weighted by Crippen LogP contribution is -2.25. The molecule has 0 bridgehead atoms. The first-order chi connectivity index (χ1) is 12.5. The first-order valence-electron chi connectivity index (χ1n) is 9.61. The number of nitrogens with zero attached hydrogens (tertiary/aromatic N) is 3. The highest BCUT2D eigenvalue weighted by atomic mass is 16.5. The van der Waals surface area contributed by atoms with E-state index in [2.05, 4.69) is 82.9 Å². The first-order valence-corrected chi connectivity index (χ1v) is 9.61. The van der Waals surface area contributed by atoms with Gasteiger partial charge < -0.3 is 4.74 Å². The molecule has 0 N–H and O–H groups in total. The van der Waals surface area contributed by atoms with Crippen LogP contribution in [0.15, 0.2) is 41.9 Å². The number of aromatic nitrogens is 2. The molecule has 0 saturated carbocycles. The second-order valence-corrected chi connectivity index (χ2v) is 9.27. The Morgan fingerprint density at radius 2 is 1.81 bits per heavy atom. The zero-order valence-electron chi connectivity index (χ0n) is 17.6. The normalized spacial score (nSPS) is 16.4. The lowest BCUT2D eigenvalue weighted by Gasteiger charge is -2.23. The molecule has 1 aliphatic heterocycles. The van der Waals surface area contributed by atoms with E-state index in [0.717, 1.165) is 28.3 Å². The second-order valence-electron chi connectivity index (χ2n) is 9.27. The maximum atomic E-state index is 5.73. The van der Waals surface area contributed by atoms with Gasteiger partial charge in [0, 0.05) is 16.8 Å². The van der Waals surface area contributed by atoms with Crippen molar-refractivity contribution in [3.05, 3.63) is 59.4 Å². The van der Waals surface area contributed by atoms with Crippen molar-refractivity contribution in [2.24, 2.45) is 4.99 Å². The summed E-state index contributed by atoms with van der Waals surface area (Å²) in [5.41, 5.74) is 4.94. The summed E-state index contributed by atoms with van der Waals surface area (Å²) in [7, 11) is 0. The SMILES string of the molecule is C=C(c1ccc(C2=NC(C)(C)CO2)cc1)c1cc(C(C)C)n(C(C)(C)C)n1. The van der Waals surface area contributed by atoms with Crippen molar-refractivity contribution < 1.29 is 4.74 Å². The summed E-state index contributed by atoms with van der Waals surface area (Å²) in [5, 5.41) is 4.87. The van der Waals surface area contributed by atoms with Gasteiger partial charge >= 0.3 is 0 Å². The van der Waals surface area contributed by atoms with Crippen molar-refractivity contribution in [1.29, 1.82) is 0 Å². The molecule has 0 aliphatic carbocycles. The van der Waals surface area contributed by atoms with E-state index in [1.165, 1.54) is 5.69 Å². The van der Waals surface area contributed by atoms with Gasteiger partial charge in [-0.2, -0.15) is 5.10 Å². The fourth-order valence-electron chi connectivity index (χ4n) is 3.19. The predicted octanol–water partition coefficient (Wildman–Crippen LogP) is 5.38. The Morgan fingerprint density at radius 1 is 1.19 bits per heavy atom. The zero-order valence-corrected chi connectivity index (χ0v) is 17.6. The minimum Gasteiger partial charge on any atom is -0.475 e. The number of hydrogen-bond donors (Lipinski definition) is 0. The number of hydrogen-bond acceptors (Lipinski definition) is 3. The van der Waals surface area contributed by atoms with Crippen LogP contribution >= 0.6 is 0 Å².